The largest absolute Gasteiger partial charge is 0.495 e. The highest BCUT2D eigenvalue weighted by Gasteiger charge is 2.23. The van der Waals surface area contributed by atoms with Crippen LogP contribution in [-0.2, 0) is 21.2 Å². The molecule has 158 valence electrons. The molecular formula is C20H20ClN3O4S2. The van der Waals surface area contributed by atoms with Crippen LogP contribution in [0.2, 0.25) is 5.02 Å². The van der Waals surface area contributed by atoms with E-state index in [4.69, 9.17) is 16.3 Å². The second-order valence-electron chi connectivity index (χ2n) is 6.50. The second kappa shape index (κ2) is 9.13. The van der Waals surface area contributed by atoms with E-state index in [9.17, 15) is 13.2 Å². The van der Waals surface area contributed by atoms with Gasteiger partial charge in [0.15, 0.2) is 0 Å². The van der Waals surface area contributed by atoms with E-state index >= 15 is 0 Å². The molecule has 0 saturated heterocycles. The average Bonchev–Trinajstić information content (AvgIpc) is 3.16. The van der Waals surface area contributed by atoms with Crippen LogP contribution in [0.4, 0.5) is 5.69 Å². The smallest absolute Gasteiger partial charge is 0.246 e. The van der Waals surface area contributed by atoms with Gasteiger partial charge in [0.2, 0.25) is 15.9 Å². The van der Waals surface area contributed by atoms with Gasteiger partial charge in [-0.15, -0.1) is 11.3 Å². The predicted molar refractivity (Wildman–Crippen MR) is 119 cm³/mol. The SMILES string of the molecule is COc1ccc(NC(=O)Cc2csc(-c3ccccc3Cl)n2)cc1S(=O)(=O)N(C)C. The Bertz CT molecular complexity index is 1180. The fourth-order valence-electron chi connectivity index (χ4n) is 2.67. The Morgan fingerprint density at radius 3 is 2.63 bits per heavy atom. The van der Waals surface area contributed by atoms with Crippen LogP contribution in [0.1, 0.15) is 5.69 Å². The number of carbonyl (C=O) groups is 1. The molecule has 2 aromatic carbocycles. The first-order valence-corrected chi connectivity index (χ1v) is 11.5. The van der Waals surface area contributed by atoms with Crippen LogP contribution >= 0.6 is 22.9 Å². The van der Waals surface area contributed by atoms with Gasteiger partial charge in [-0.05, 0) is 24.3 Å². The summed E-state index contributed by atoms with van der Waals surface area (Å²) < 4.78 is 31.3. The van der Waals surface area contributed by atoms with E-state index < -0.39 is 10.0 Å². The summed E-state index contributed by atoms with van der Waals surface area (Å²) in [6, 6.07) is 11.8. The van der Waals surface area contributed by atoms with Crippen molar-refractivity contribution in [3.63, 3.8) is 0 Å². The van der Waals surface area contributed by atoms with Gasteiger partial charge in [-0.2, -0.15) is 0 Å². The molecule has 0 saturated carbocycles. The zero-order valence-corrected chi connectivity index (χ0v) is 18.9. The maximum atomic E-state index is 12.5. The number of aromatic nitrogens is 1. The minimum Gasteiger partial charge on any atom is -0.495 e. The fraction of sp³-hybridized carbons (Fsp3) is 0.200. The van der Waals surface area contributed by atoms with Crippen molar-refractivity contribution in [1.82, 2.24) is 9.29 Å². The number of hydrogen-bond acceptors (Lipinski definition) is 6. The second-order valence-corrected chi connectivity index (χ2v) is 9.89. The molecule has 1 N–H and O–H groups in total. The number of thiazole rings is 1. The number of benzene rings is 2. The topological polar surface area (TPSA) is 88.6 Å². The van der Waals surface area contributed by atoms with Crippen molar-refractivity contribution < 1.29 is 17.9 Å². The Morgan fingerprint density at radius 1 is 1.23 bits per heavy atom. The van der Waals surface area contributed by atoms with Gasteiger partial charge < -0.3 is 10.1 Å². The number of anilines is 1. The number of ether oxygens (including phenoxy) is 1. The van der Waals surface area contributed by atoms with Gasteiger partial charge >= 0.3 is 0 Å². The number of sulfonamides is 1. The Kier molecular flexibility index (Phi) is 6.77. The summed E-state index contributed by atoms with van der Waals surface area (Å²) in [4.78, 5) is 16.9. The first-order valence-electron chi connectivity index (χ1n) is 8.82. The molecule has 3 rings (SSSR count). The molecule has 0 radical (unpaired) electrons. The molecule has 1 heterocycles. The summed E-state index contributed by atoms with van der Waals surface area (Å²) in [5.41, 5.74) is 1.76. The van der Waals surface area contributed by atoms with Gasteiger partial charge in [0.1, 0.15) is 15.7 Å². The third-order valence-electron chi connectivity index (χ3n) is 4.20. The summed E-state index contributed by atoms with van der Waals surface area (Å²) in [5, 5.41) is 5.84. The van der Waals surface area contributed by atoms with Crippen molar-refractivity contribution >= 4 is 44.6 Å². The Balaban J connectivity index is 1.77. The predicted octanol–water partition coefficient (Wildman–Crippen LogP) is 3.90. The molecular weight excluding hydrogens is 446 g/mol. The van der Waals surface area contributed by atoms with Crippen LogP contribution in [0.15, 0.2) is 52.7 Å². The van der Waals surface area contributed by atoms with Crippen molar-refractivity contribution in [2.75, 3.05) is 26.5 Å². The van der Waals surface area contributed by atoms with Crippen molar-refractivity contribution in [1.29, 1.82) is 0 Å². The summed E-state index contributed by atoms with van der Waals surface area (Å²) in [5.74, 6) is -0.116. The van der Waals surface area contributed by atoms with Crippen LogP contribution in [0, 0.1) is 0 Å². The number of hydrogen-bond donors (Lipinski definition) is 1. The van der Waals surface area contributed by atoms with Gasteiger partial charge in [0.25, 0.3) is 0 Å². The summed E-state index contributed by atoms with van der Waals surface area (Å²) >= 11 is 7.61. The molecule has 1 aromatic heterocycles. The van der Waals surface area contributed by atoms with Crippen LogP contribution in [0.3, 0.4) is 0 Å². The van der Waals surface area contributed by atoms with Crippen molar-refractivity contribution in [2.24, 2.45) is 0 Å². The zero-order valence-electron chi connectivity index (χ0n) is 16.5. The number of amides is 1. The molecule has 0 bridgehead atoms. The molecule has 0 spiro atoms. The van der Waals surface area contributed by atoms with Gasteiger partial charge in [-0.3, -0.25) is 4.79 Å². The molecule has 0 unspecified atom stereocenters. The minimum absolute atomic E-state index is 0.0255. The lowest BCUT2D eigenvalue weighted by Crippen LogP contribution is -2.23. The first-order chi connectivity index (χ1) is 14.2. The molecule has 10 heteroatoms. The number of carbonyl (C=O) groups excluding carboxylic acids is 1. The molecule has 30 heavy (non-hydrogen) atoms. The highest BCUT2D eigenvalue weighted by atomic mass is 35.5. The number of rotatable bonds is 7. The Labute approximate surface area is 184 Å². The number of halogens is 1. The maximum absolute atomic E-state index is 12.5. The van der Waals surface area contributed by atoms with Crippen molar-refractivity contribution in [3.05, 3.63) is 58.6 Å². The van der Waals surface area contributed by atoms with E-state index in [1.807, 2.05) is 18.2 Å². The van der Waals surface area contributed by atoms with Crippen LogP contribution in [-0.4, -0.2) is 44.8 Å². The monoisotopic (exact) mass is 465 g/mol. The van der Waals surface area contributed by atoms with E-state index in [2.05, 4.69) is 10.3 Å². The first kappa shape index (κ1) is 22.2. The maximum Gasteiger partial charge on any atom is 0.246 e. The van der Waals surface area contributed by atoms with Crippen molar-refractivity contribution in [3.8, 4) is 16.3 Å². The fourth-order valence-corrected chi connectivity index (χ4v) is 4.88. The molecule has 3 aromatic rings. The van der Waals surface area contributed by atoms with Gasteiger partial charge in [0, 0.05) is 30.7 Å². The van der Waals surface area contributed by atoms with Crippen LogP contribution < -0.4 is 10.1 Å². The lowest BCUT2D eigenvalue weighted by Gasteiger charge is -2.15. The molecule has 0 atom stereocenters. The van der Waals surface area contributed by atoms with Crippen molar-refractivity contribution in [2.45, 2.75) is 11.3 Å². The molecule has 0 aliphatic rings. The normalized spacial score (nSPS) is 11.5. The van der Waals surface area contributed by atoms with Gasteiger partial charge in [-0.25, -0.2) is 17.7 Å². The summed E-state index contributed by atoms with van der Waals surface area (Å²) in [7, 11) is 0.514. The lowest BCUT2D eigenvalue weighted by atomic mass is 10.2. The molecule has 0 aliphatic carbocycles. The van der Waals surface area contributed by atoms with E-state index in [-0.39, 0.29) is 23.0 Å². The highest BCUT2D eigenvalue weighted by Crippen LogP contribution is 2.31. The summed E-state index contributed by atoms with van der Waals surface area (Å²) in [6.07, 6.45) is 0.0444. The Morgan fingerprint density at radius 2 is 1.97 bits per heavy atom. The quantitative estimate of drug-likeness (QED) is 0.571. The Hall–Kier alpha value is -2.46. The molecule has 7 nitrogen and oxygen atoms in total. The van der Waals surface area contributed by atoms with Crippen LogP contribution in [0.25, 0.3) is 10.6 Å². The van der Waals surface area contributed by atoms with E-state index in [1.54, 1.807) is 17.5 Å². The van der Waals surface area contributed by atoms with Gasteiger partial charge in [0.05, 0.1) is 24.2 Å². The molecule has 1 amide bonds. The number of nitrogens with one attached hydrogen (secondary N) is 1. The van der Waals surface area contributed by atoms with Crippen LogP contribution in [0.5, 0.6) is 5.75 Å². The average molecular weight is 466 g/mol. The number of methoxy groups -OCH3 is 1. The minimum atomic E-state index is -3.73. The van der Waals surface area contributed by atoms with E-state index in [0.717, 1.165) is 14.9 Å². The standard InChI is InChI=1S/C20H20ClN3O4S2/c1-24(2)30(26,27)18-10-13(8-9-17(18)28-3)22-19(25)11-14-12-29-20(23-14)15-6-4-5-7-16(15)21/h4-10,12H,11H2,1-3H3,(H,22,25). The lowest BCUT2D eigenvalue weighted by molar-refractivity contribution is -0.115. The third-order valence-corrected chi connectivity index (χ3v) is 7.29. The molecule has 0 fully saturated rings. The van der Waals surface area contributed by atoms with E-state index in [0.29, 0.717) is 16.4 Å². The highest BCUT2D eigenvalue weighted by molar-refractivity contribution is 7.89. The van der Waals surface area contributed by atoms with Gasteiger partial charge in [-0.1, -0.05) is 29.8 Å². The third kappa shape index (κ3) is 4.81. The zero-order chi connectivity index (χ0) is 21.9. The van der Waals surface area contributed by atoms with E-state index in [1.165, 1.54) is 44.7 Å². The summed E-state index contributed by atoms with van der Waals surface area (Å²) in [6.45, 7) is 0. The molecule has 0 aliphatic heterocycles. The number of nitrogens with zero attached hydrogens (tertiary/aromatic N) is 2.